The van der Waals surface area contributed by atoms with Gasteiger partial charge in [-0.2, -0.15) is 5.10 Å². The molecule has 1 saturated carbocycles. The van der Waals surface area contributed by atoms with E-state index in [1.165, 1.54) is 66.9 Å². The van der Waals surface area contributed by atoms with Gasteiger partial charge >= 0.3 is 0 Å². The van der Waals surface area contributed by atoms with Gasteiger partial charge in [0.15, 0.2) is 0 Å². The average molecular weight is 295 g/mol. The van der Waals surface area contributed by atoms with E-state index in [1.54, 1.807) is 0 Å². The molecule has 1 N–H and O–H groups in total. The van der Waals surface area contributed by atoms with Crippen molar-refractivity contribution in [2.75, 3.05) is 11.9 Å². The zero-order valence-electron chi connectivity index (χ0n) is 13.4. The summed E-state index contributed by atoms with van der Waals surface area (Å²) in [6.07, 6.45) is 8.77. The van der Waals surface area contributed by atoms with Crippen molar-refractivity contribution in [2.45, 2.75) is 57.8 Å². The minimum atomic E-state index is 0.698. The van der Waals surface area contributed by atoms with Crippen molar-refractivity contribution >= 4 is 5.82 Å². The second kappa shape index (κ2) is 5.79. The summed E-state index contributed by atoms with van der Waals surface area (Å²) in [6.45, 7) is 3.29. The Balaban J connectivity index is 1.86. The van der Waals surface area contributed by atoms with Gasteiger partial charge in [0.05, 0.1) is 11.4 Å². The molecule has 0 amide bonds. The van der Waals surface area contributed by atoms with Gasteiger partial charge in [-0.15, -0.1) is 0 Å². The summed E-state index contributed by atoms with van der Waals surface area (Å²) in [6, 6.07) is 8.69. The highest BCUT2D eigenvalue weighted by Crippen LogP contribution is 2.41. The van der Waals surface area contributed by atoms with Crippen molar-refractivity contribution in [3.63, 3.8) is 0 Å². The summed E-state index contributed by atoms with van der Waals surface area (Å²) in [7, 11) is 0. The van der Waals surface area contributed by atoms with Crippen molar-refractivity contribution in [2.24, 2.45) is 0 Å². The molecule has 0 unspecified atom stereocenters. The number of hydrogen-bond donors (Lipinski definition) is 1. The summed E-state index contributed by atoms with van der Waals surface area (Å²) in [5, 5.41) is 8.76. The number of nitrogens with zero attached hydrogens (tertiary/aromatic N) is 2. The number of fused-ring (bicyclic) bond motifs is 1. The summed E-state index contributed by atoms with van der Waals surface area (Å²) < 4.78 is 2.20. The van der Waals surface area contributed by atoms with Crippen LogP contribution in [0.25, 0.3) is 5.69 Å². The number of rotatable bonds is 3. The quantitative estimate of drug-likeness (QED) is 0.906. The smallest absolute Gasteiger partial charge is 0.133 e. The van der Waals surface area contributed by atoms with E-state index in [2.05, 4.69) is 41.2 Å². The monoisotopic (exact) mass is 295 g/mol. The topological polar surface area (TPSA) is 29.9 Å². The van der Waals surface area contributed by atoms with Crippen LogP contribution in [-0.2, 0) is 12.8 Å². The zero-order valence-corrected chi connectivity index (χ0v) is 13.4. The van der Waals surface area contributed by atoms with Crippen molar-refractivity contribution < 1.29 is 0 Å². The van der Waals surface area contributed by atoms with Gasteiger partial charge < -0.3 is 5.32 Å². The molecule has 3 nitrogen and oxygen atoms in total. The third-order valence-corrected chi connectivity index (χ3v) is 5.25. The van der Waals surface area contributed by atoms with Crippen LogP contribution in [0, 0.1) is 0 Å². The fourth-order valence-electron chi connectivity index (χ4n) is 3.73. The van der Waals surface area contributed by atoms with Crippen LogP contribution in [0.5, 0.6) is 0 Å². The number of hydrogen-bond acceptors (Lipinski definition) is 2. The van der Waals surface area contributed by atoms with E-state index < -0.39 is 0 Å². The standard InChI is InChI=1S/C19H25N3/c1-2-14-8-3-4-12-17(14)22-19-16(11-5-6-13-20-19)18(21-22)15-9-7-10-15/h3-4,8,12,15,20H,2,5-7,9-11,13H2,1H3. The van der Waals surface area contributed by atoms with Gasteiger partial charge in [0.25, 0.3) is 0 Å². The molecule has 1 aromatic heterocycles. The number of aryl methyl sites for hydroxylation is 1. The van der Waals surface area contributed by atoms with Gasteiger partial charge in [0.2, 0.25) is 0 Å². The maximum Gasteiger partial charge on any atom is 0.133 e. The minimum Gasteiger partial charge on any atom is -0.370 e. The summed E-state index contributed by atoms with van der Waals surface area (Å²) >= 11 is 0. The van der Waals surface area contributed by atoms with Crippen LogP contribution in [0.4, 0.5) is 5.82 Å². The zero-order chi connectivity index (χ0) is 14.9. The number of aromatic nitrogens is 2. The van der Waals surface area contributed by atoms with Crippen LogP contribution in [0.1, 0.15) is 61.8 Å². The first kappa shape index (κ1) is 13.9. The van der Waals surface area contributed by atoms with E-state index in [1.807, 2.05) is 0 Å². The van der Waals surface area contributed by atoms with Crippen LogP contribution in [0.3, 0.4) is 0 Å². The molecule has 2 aromatic rings. The molecule has 22 heavy (non-hydrogen) atoms. The number of para-hydroxylation sites is 1. The fraction of sp³-hybridized carbons (Fsp3) is 0.526. The predicted molar refractivity (Wildman–Crippen MR) is 91.0 cm³/mol. The lowest BCUT2D eigenvalue weighted by Crippen LogP contribution is -2.12. The van der Waals surface area contributed by atoms with E-state index in [-0.39, 0.29) is 0 Å². The van der Waals surface area contributed by atoms with Gasteiger partial charge in [-0.3, -0.25) is 0 Å². The highest BCUT2D eigenvalue weighted by molar-refractivity contribution is 5.57. The molecular formula is C19H25N3. The molecule has 4 rings (SSSR count). The molecule has 0 bridgehead atoms. The lowest BCUT2D eigenvalue weighted by molar-refractivity contribution is 0.406. The molecule has 1 aliphatic carbocycles. The second-order valence-corrected chi connectivity index (χ2v) is 6.62. The number of nitrogens with one attached hydrogen (secondary N) is 1. The molecule has 1 fully saturated rings. The van der Waals surface area contributed by atoms with E-state index in [9.17, 15) is 0 Å². The normalized spacial score (nSPS) is 18.2. The van der Waals surface area contributed by atoms with Crippen molar-refractivity contribution in [1.29, 1.82) is 0 Å². The Morgan fingerprint density at radius 1 is 1.18 bits per heavy atom. The van der Waals surface area contributed by atoms with Crippen molar-refractivity contribution in [3.8, 4) is 5.69 Å². The molecule has 3 heteroatoms. The Bertz CT molecular complexity index is 667. The molecule has 2 heterocycles. The van der Waals surface area contributed by atoms with E-state index in [4.69, 9.17) is 5.10 Å². The van der Waals surface area contributed by atoms with E-state index >= 15 is 0 Å². The second-order valence-electron chi connectivity index (χ2n) is 6.62. The SMILES string of the molecule is CCc1ccccc1-n1nc(C2CCC2)c2c1NCCCC2. The lowest BCUT2D eigenvalue weighted by atomic mass is 9.81. The Morgan fingerprint density at radius 3 is 2.82 bits per heavy atom. The Hall–Kier alpha value is -1.77. The molecule has 1 aromatic carbocycles. The Labute approximate surface area is 132 Å². The molecule has 0 atom stereocenters. The molecule has 0 radical (unpaired) electrons. The number of anilines is 1. The number of benzene rings is 1. The molecule has 1 aliphatic heterocycles. The van der Waals surface area contributed by atoms with Crippen LogP contribution >= 0.6 is 0 Å². The molecule has 0 saturated heterocycles. The van der Waals surface area contributed by atoms with Crippen LogP contribution < -0.4 is 5.32 Å². The van der Waals surface area contributed by atoms with Crippen LogP contribution in [0.2, 0.25) is 0 Å². The fourth-order valence-corrected chi connectivity index (χ4v) is 3.73. The van der Waals surface area contributed by atoms with Gasteiger partial charge in [-0.25, -0.2) is 4.68 Å². The lowest BCUT2D eigenvalue weighted by Gasteiger charge is -2.24. The molecule has 116 valence electrons. The largest absolute Gasteiger partial charge is 0.370 e. The summed E-state index contributed by atoms with van der Waals surface area (Å²) in [5.41, 5.74) is 5.50. The highest BCUT2D eigenvalue weighted by Gasteiger charge is 2.29. The molecule has 2 aliphatic rings. The van der Waals surface area contributed by atoms with Gasteiger partial charge in [0.1, 0.15) is 5.82 Å². The Morgan fingerprint density at radius 2 is 2.05 bits per heavy atom. The maximum atomic E-state index is 5.09. The summed E-state index contributed by atoms with van der Waals surface area (Å²) in [5.74, 6) is 1.96. The first-order valence-electron chi connectivity index (χ1n) is 8.82. The van der Waals surface area contributed by atoms with Gasteiger partial charge in [-0.05, 0) is 50.2 Å². The third kappa shape index (κ3) is 2.23. The van der Waals surface area contributed by atoms with Crippen molar-refractivity contribution in [1.82, 2.24) is 9.78 Å². The van der Waals surface area contributed by atoms with Crippen molar-refractivity contribution in [3.05, 3.63) is 41.1 Å². The first-order chi connectivity index (χ1) is 10.9. The average Bonchev–Trinajstić information content (AvgIpc) is 2.70. The van der Waals surface area contributed by atoms with Crippen LogP contribution in [0.15, 0.2) is 24.3 Å². The maximum absolute atomic E-state index is 5.09. The predicted octanol–water partition coefficient (Wildman–Crippen LogP) is 4.45. The van der Waals surface area contributed by atoms with Gasteiger partial charge in [-0.1, -0.05) is 31.5 Å². The van der Waals surface area contributed by atoms with Gasteiger partial charge in [0, 0.05) is 18.0 Å². The highest BCUT2D eigenvalue weighted by atomic mass is 15.3. The minimum absolute atomic E-state index is 0.698. The van der Waals surface area contributed by atoms with Crippen LogP contribution in [-0.4, -0.2) is 16.3 Å². The van der Waals surface area contributed by atoms with E-state index in [0.29, 0.717) is 5.92 Å². The third-order valence-electron chi connectivity index (χ3n) is 5.25. The first-order valence-corrected chi connectivity index (χ1v) is 8.82. The Kier molecular flexibility index (Phi) is 3.65. The molecular weight excluding hydrogens is 270 g/mol. The molecule has 0 spiro atoms. The summed E-state index contributed by atoms with van der Waals surface area (Å²) in [4.78, 5) is 0. The van der Waals surface area contributed by atoms with E-state index in [0.717, 1.165) is 13.0 Å².